The topological polar surface area (TPSA) is 53.3 Å². The molecule has 0 amide bonds. The second kappa shape index (κ2) is 7.24. The minimum absolute atomic E-state index is 0.104. The third-order valence-corrected chi connectivity index (χ3v) is 2.86. The van der Waals surface area contributed by atoms with Crippen LogP contribution in [0.3, 0.4) is 0 Å². The van der Waals surface area contributed by atoms with E-state index < -0.39 is 0 Å². The van der Waals surface area contributed by atoms with E-state index in [4.69, 9.17) is 10.00 Å². The normalized spacial score (nSPS) is 21.4. The zero-order valence-electron chi connectivity index (χ0n) is 9.95. The monoisotopic (exact) mass is 224 g/mol. The second-order valence-electron chi connectivity index (χ2n) is 4.19. The van der Waals surface area contributed by atoms with E-state index in [1.807, 2.05) is 4.90 Å². The lowest BCUT2D eigenvalue weighted by Gasteiger charge is -2.30. The fourth-order valence-electron chi connectivity index (χ4n) is 1.87. The molecule has 0 aromatic heterocycles. The SMILES string of the molecule is CCCCOC(=O)CN1CCCCC1C#N. The molecular formula is C12H20N2O2. The van der Waals surface area contributed by atoms with Crippen molar-refractivity contribution in [3.8, 4) is 6.07 Å². The van der Waals surface area contributed by atoms with Gasteiger partial charge in [0.05, 0.1) is 25.3 Å². The Hall–Kier alpha value is -1.08. The van der Waals surface area contributed by atoms with Crippen molar-refractivity contribution in [2.75, 3.05) is 19.7 Å². The Morgan fingerprint density at radius 2 is 2.38 bits per heavy atom. The molecule has 1 aliphatic rings. The molecule has 0 aliphatic carbocycles. The number of hydrogen-bond acceptors (Lipinski definition) is 4. The number of likely N-dealkylation sites (tertiary alicyclic amines) is 1. The van der Waals surface area contributed by atoms with Crippen molar-refractivity contribution in [3.05, 3.63) is 0 Å². The zero-order valence-corrected chi connectivity index (χ0v) is 9.95. The van der Waals surface area contributed by atoms with Crippen LogP contribution in [0.15, 0.2) is 0 Å². The molecule has 0 N–H and O–H groups in total. The Bertz CT molecular complexity index is 260. The van der Waals surface area contributed by atoms with Crippen molar-refractivity contribution in [1.82, 2.24) is 4.90 Å². The van der Waals surface area contributed by atoms with Crippen LogP contribution in [0.1, 0.15) is 39.0 Å². The highest BCUT2D eigenvalue weighted by atomic mass is 16.5. The molecule has 1 unspecified atom stereocenters. The minimum atomic E-state index is -0.199. The van der Waals surface area contributed by atoms with E-state index in [-0.39, 0.29) is 18.6 Å². The van der Waals surface area contributed by atoms with Gasteiger partial charge in [0.2, 0.25) is 0 Å². The number of carbonyl (C=O) groups is 1. The lowest BCUT2D eigenvalue weighted by molar-refractivity contribution is -0.145. The Labute approximate surface area is 97.2 Å². The quantitative estimate of drug-likeness (QED) is 0.527. The molecule has 4 heteroatoms. The average molecular weight is 224 g/mol. The largest absolute Gasteiger partial charge is 0.465 e. The van der Waals surface area contributed by atoms with E-state index >= 15 is 0 Å². The lowest BCUT2D eigenvalue weighted by atomic mass is 10.0. The number of hydrogen-bond donors (Lipinski definition) is 0. The van der Waals surface area contributed by atoms with E-state index in [1.165, 1.54) is 0 Å². The van der Waals surface area contributed by atoms with Gasteiger partial charge in [-0.05, 0) is 25.7 Å². The third-order valence-electron chi connectivity index (χ3n) is 2.86. The molecule has 1 rings (SSSR count). The van der Waals surface area contributed by atoms with Gasteiger partial charge in [0.15, 0.2) is 0 Å². The molecule has 1 fully saturated rings. The van der Waals surface area contributed by atoms with Gasteiger partial charge in [0.25, 0.3) is 0 Å². The van der Waals surface area contributed by atoms with Crippen LogP contribution in [0.5, 0.6) is 0 Å². The first-order valence-corrected chi connectivity index (χ1v) is 6.07. The zero-order chi connectivity index (χ0) is 11.8. The van der Waals surface area contributed by atoms with Gasteiger partial charge in [0, 0.05) is 6.54 Å². The number of piperidine rings is 1. The summed E-state index contributed by atoms with van der Waals surface area (Å²) >= 11 is 0. The highest BCUT2D eigenvalue weighted by Crippen LogP contribution is 2.15. The standard InChI is InChI=1S/C12H20N2O2/c1-2-3-8-16-12(15)10-14-7-5-4-6-11(14)9-13/h11H,2-8,10H2,1H3. The van der Waals surface area contributed by atoms with E-state index in [0.29, 0.717) is 6.61 Å². The van der Waals surface area contributed by atoms with Crippen molar-refractivity contribution >= 4 is 5.97 Å². The number of carbonyl (C=O) groups excluding carboxylic acids is 1. The molecule has 1 heterocycles. The second-order valence-corrected chi connectivity index (χ2v) is 4.19. The van der Waals surface area contributed by atoms with Gasteiger partial charge in [-0.2, -0.15) is 5.26 Å². The number of nitriles is 1. The fraction of sp³-hybridized carbons (Fsp3) is 0.833. The van der Waals surface area contributed by atoms with Gasteiger partial charge >= 0.3 is 5.97 Å². The number of nitrogens with zero attached hydrogens (tertiary/aromatic N) is 2. The van der Waals surface area contributed by atoms with Gasteiger partial charge in [-0.1, -0.05) is 13.3 Å². The summed E-state index contributed by atoms with van der Waals surface area (Å²) in [6, 6.07) is 2.14. The molecule has 1 aliphatic heterocycles. The van der Waals surface area contributed by atoms with Crippen LogP contribution in [0, 0.1) is 11.3 Å². The Kier molecular flexibility index (Phi) is 5.87. The first-order valence-electron chi connectivity index (χ1n) is 6.07. The summed E-state index contributed by atoms with van der Waals surface area (Å²) in [6.07, 6.45) is 4.96. The summed E-state index contributed by atoms with van der Waals surface area (Å²) in [5.41, 5.74) is 0. The van der Waals surface area contributed by atoms with Crippen molar-refractivity contribution in [3.63, 3.8) is 0 Å². The first kappa shape index (κ1) is 13.0. The predicted molar refractivity (Wildman–Crippen MR) is 60.7 cm³/mol. The number of esters is 1. The summed E-state index contributed by atoms with van der Waals surface area (Å²) in [4.78, 5) is 13.4. The Morgan fingerprint density at radius 3 is 3.06 bits per heavy atom. The Balaban J connectivity index is 2.28. The fourth-order valence-corrected chi connectivity index (χ4v) is 1.87. The summed E-state index contributed by atoms with van der Waals surface area (Å²) in [5.74, 6) is -0.199. The van der Waals surface area contributed by atoms with Crippen LogP contribution in [0.4, 0.5) is 0 Å². The number of ether oxygens (including phenoxy) is 1. The van der Waals surface area contributed by atoms with E-state index in [0.717, 1.165) is 38.6 Å². The van der Waals surface area contributed by atoms with Gasteiger partial charge in [0.1, 0.15) is 0 Å². The summed E-state index contributed by atoms with van der Waals surface area (Å²) < 4.78 is 5.09. The molecule has 1 saturated heterocycles. The first-order chi connectivity index (χ1) is 7.77. The lowest BCUT2D eigenvalue weighted by Crippen LogP contribution is -2.42. The van der Waals surface area contributed by atoms with Crippen LogP contribution in [-0.4, -0.2) is 36.6 Å². The number of rotatable bonds is 5. The van der Waals surface area contributed by atoms with Crippen molar-refractivity contribution in [1.29, 1.82) is 5.26 Å². The van der Waals surface area contributed by atoms with Crippen LogP contribution >= 0.6 is 0 Å². The highest BCUT2D eigenvalue weighted by molar-refractivity contribution is 5.71. The molecule has 0 aromatic carbocycles. The van der Waals surface area contributed by atoms with E-state index in [1.54, 1.807) is 0 Å². The molecule has 16 heavy (non-hydrogen) atoms. The molecule has 90 valence electrons. The maximum Gasteiger partial charge on any atom is 0.320 e. The maximum atomic E-state index is 11.5. The van der Waals surface area contributed by atoms with Gasteiger partial charge < -0.3 is 4.74 Å². The van der Waals surface area contributed by atoms with E-state index in [9.17, 15) is 4.79 Å². The van der Waals surface area contributed by atoms with Crippen molar-refractivity contribution in [2.45, 2.75) is 45.1 Å². The maximum absolute atomic E-state index is 11.5. The average Bonchev–Trinajstić information content (AvgIpc) is 2.30. The molecule has 4 nitrogen and oxygen atoms in total. The molecule has 0 radical (unpaired) electrons. The number of unbranched alkanes of at least 4 members (excludes halogenated alkanes) is 1. The minimum Gasteiger partial charge on any atom is -0.465 e. The molecular weight excluding hydrogens is 204 g/mol. The van der Waals surface area contributed by atoms with Gasteiger partial charge in [-0.3, -0.25) is 9.69 Å². The summed E-state index contributed by atoms with van der Waals surface area (Å²) in [6.45, 7) is 3.66. The van der Waals surface area contributed by atoms with Gasteiger partial charge in [-0.15, -0.1) is 0 Å². The molecule has 0 saturated carbocycles. The predicted octanol–water partition coefficient (Wildman–Crippen LogP) is 1.71. The van der Waals surface area contributed by atoms with Crippen LogP contribution in [0.2, 0.25) is 0 Å². The van der Waals surface area contributed by atoms with E-state index in [2.05, 4.69) is 13.0 Å². The molecule has 0 aromatic rings. The smallest absolute Gasteiger partial charge is 0.320 e. The van der Waals surface area contributed by atoms with Crippen molar-refractivity contribution in [2.24, 2.45) is 0 Å². The summed E-state index contributed by atoms with van der Waals surface area (Å²) in [5, 5.41) is 8.94. The van der Waals surface area contributed by atoms with Gasteiger partial charge in [-0.25, -0.2) is 0 Å². The van der Waals surface area contributed by atoms with Crippen molar-refractivity contribution < 1.29 is 9.53 Å². The molecule has 0 spiro atoms. The third kappa shape index (κ3) is 4.19. The highest BCUT2D eigenvalue weighted by Gasteiger charge is 2.24. The molecule has 1 atom stereocenters. The van der Waals surface area contributed by atoms with Crippen LogP contribution in [0.25, 0.3) is 0 Å². The Morgan fingerprint density at radius 1 is 1.56 bits per heavy atom. The summed E-state index contributed by atoms with van der Waals surface area (Å²) in [7, 11) is 0. The van der Waals surface area contributed by atoms with Crippen LogP contribution in [-0.2, 0) is 9.53 Å². The van der Waals surface area contributed by atoms with Crippen LogP contribution < -0.4 is 0 Å². The molecule has 0 bridgehead atoms.